The highest BCUT2D eigenvalue weighted by Crippen LogP contribution is 2.23. The van der Waals surface area contributed by atoms with Gasteiger partial charge in [-0.15, -0.1) is 0 Å². The van der Waals surface area contributed by atoms with Crippen LogP contribution in [0.3, 0.4) is 0 Å². The lowest BCUT2D eigenvalue weighted by atomic mass is 9.98. The number of sulfonamides is 1. The zero-order valence-corrected chi connectivity index (χ0v) is 29.2. The predicted molar refractivity (Wildman–Crippen MR) is 194 cm³/mol. The molecule has 5 rings (SSSR count). The van der Waals surface area contributed by atoms with Crippen LogP contribution in [-0.2, 0) is 32.5 Å². The molecule has 254 valence electrons. The fourth-order valence-electron chi connectivity index (χ4n) is 5.86. The van der Waals surface area contributed by atoms with Crippen molar-refractivity contribution in [2.45, 2.75) is 57.9 Å². The smallest absolute Gasteiger partial charge is 0.256 e. The largest absolute Gasteiger partial charge is 0.361 e. The van der Waals surface area contributed by atoms with Crippen LogP contribution in [0.4, 0.5) is 0 Å². The molecule has 0 radical (unpaired) electrons. The molecule has 3 amide bonds. The Hall–Kier alpha value is -5.22. The number of aromatic amines is 1. The number of nitrogens with zero attached hydrogens (tertiary/aromatic N) is 1. The minimum Gasteiger partial charge on any atom is -0.361 e. The van der Waals surface area contributed by atoms with Crippen LogP contribution in [0.15, 0.2) is 103 Å². The molecule has 10 heteroatoms. The first-order chi connectivity index (χ1) is 23.3. The zero-order chi connectivity index (χ0) is 35.3. The monoisotopic (exact) mass is 678 g/mol. The number of aryl methyl sites for hydroxylation is 2. The number of para-hydroxylation sites is 1. The van der Waals surface area contributed by atoms with Crippen molar-refractivity contribution < 1.29 is 22.8 Å². The average molecular weight is 679 g/mol. The number of fused-ring (bicyclic) bond motifs is 1. The van der Waals surface area contributed by atoms with Crippen molar-refractivity contribution in [2.24, 2.45) is 0 Å². The highest BCUT2D eigenvalue weighted by molar-refractivity contribution is 7.90. The van der Waals surface area contributed by atoms with Crippen molar-refractivity contribution in [3.05, 3.63) is 131 Å². The molecule has 0 aliphatic heterocycles. The highest BCUT2D eigenvalue weighted by Gasteiger charge is 2.33. The van der Waals surface area contributed by atoms with E-state index in [-0.39, 0.29) is 18.7 Å². The molecular weight excluding hydrogens is 637 g/mol. The Morgan fingerprint density at radius 3 is 2.04 bits per heavy atom. The average Bonchev–Trinajstić information content (AvgIpc) is 3.48. The van der Waals surface area contributed by atoms with Gasteiger partial charge in [0.05, 0.1) is 5.25 Å². The summed E-state index contributed by atoms with van der Waals surface area (Å²) >= 11 is 0. The second kappa shape index (κ2) is 14.9. The van der Waals surface area contributed by atoms with Crippen LogP contribution in [0.1, 0.15) is 46.5 Å². The summed E-state index contributed by atoms with van der Waals surface area (Å²) in [6.45, 7) is 6.74. The number of likely N-dealkylation sites (N-methyl/N-ethyl adjacent to an activating group) is 1. The Bertz CT molecular complexity index is 2050. The molecule has 0 unspecified atom stereocenters. The van der Waals surface area contributed by atoms with Gasteiger partial charge in [0.1, 0.15) is 12.1 Å². The Balaban J connectivity index is 1.48. The third kappa shape index (κ3) is 8.45. The van der Waals surface area contributed by atoms with E-state index in [1.165, 1.54) is 18.7 Å². The van der Waals surface area contributed by atoms with Crippen molar-refractivity contribution >= 4 is 38.6 Å². The molecule has 49 heavy (non-hydrogen) atoms. The molecule has 1 aromatic heterocycles. The van der Waals surface area contributed by atoms with E-state index < -0.39 is 39.2 Å². The lowest BCUT2D eigenvalue weighted by Crippen LogP contribution is -2.56. The van der Waals surface area contributed by atoms with Crippen LogP contribution in [0.25, 0.3) is 22.0 Å². The van der Waals surface area contributed by atoms with Crippen molar-refractivity contribution in [1.82, 2.24) is 19.9 Å². The number of hydrogen-bond acceptors (Lipinski definition) is 5. The number of rotatable bonds is 12. The molecule has 0 aliphatic carbocycles. The highest BCUT2D eigenvalue weighted by atomic mass is 32.2. The molecule has 4 aromatic carbocycles. The van der Waals surface area contributed by atoms with Crippen LogP contribution < -0.4 is 10.0 Å². The Morgan fingerprint density at radius 1 is 0.776 bits per heavy atom. The first-order valence-corrected chi connectivity index (χ1v) is 17.8. The maximum Gasteiger partial charge on any atom is 0.256 e. The number of carbonyl (C=O) groups excluding carboxylic acids is 3. The summed E-state index contributed by atoms with van der Waals surface area (Å²) < 4.78 is 27.7. The maximum absolute atomic E-state index is 14.3. The second-order valence-electron chi connectivity index (χ2n) is 12.8. The van der Waals surface area contributed by atoms with Crippen molar-refractivity contribution in [1.29, 1.82) is 0 Å². The van der Waals surface area contributed by atoms with E-state index in [0.717, 1.165) is 44.3 Å². The number of amides is 3. The molecule has 0 saturated carbocycles. The SMILES string of the molecule is Cc1cc(C)cc(C(=O)N(C)[C@H](Cc2ccc(-c3ccccc3)cc2)C(=O)N[C@@H](Cc2c[nH]c3ccccc23)C(=O)NS(=O)(=O)C(C)C)c1. The molecule has 0 bridgehead atoms. The van der Waals surface area contributed by atoms with Gasteiger partial charge in [-0.25, -0.2) is 8.42 Å². The van der Waals surface area contributed by atoms with Gasteiger partial charge in [-0.2, -0.15) is 0 Å². The number of H-pyrrole nitrogens is 1. The second-order valence-corrected chi connectivity index (χ2v) is 15.0. The number of aromatic nitrogens is 1. The van der Waals surface area contributed by atoms with Gasteiger partial charge in [0.15, 0.2) is 0 Å². The van der Waals surface area contributed by atoms with Crippen LogP contribution in [0.2, 0.25) is 0 Å². The fraction of sp³-hybridized carbons (Fsp3) is 0.256. The predicted octanol–water partition coefficient (Wildman–Crippen LogP) is 5.72. The summed E-state index contributed by atoms with van der Waals surface area (Å²) in [6.07, 6.45) is 1.91. The van der Waals surface area contributed by atoms with Crippen molar-refractivity contribution in [2.75, 3.05) is 7.05 Å². The molecular formula is C39H42N4O5S. The molecule has 1 heterocycles. The third-order valence-electron chi connectivity index (χ3n) is 8.64. The van der Waals surface area contributed by atoms with Gasteiger partial charge in [0.25, 0.3) is 11.8 Å². The molecule has 3 N–H and O–H groups in total. The van der Waals surface area contributed by atoms with Crippen LogP contribution in [0, 0.1) is 13.8 Å². The summed E-state index contributed by atoms with van der Waals surface area (Å²) in [6, 6.07) is 28.4. The van der Waals surface area contributed by atoms with E-state index in [4.69, 9.17) is 0 Å². The molecule has 0 fully saturated rings. The van der Waals surface area contributed by atoms with Crippen LogP contribution in [-0.4, -0.2) is 60.4 Å². The summed E-state index contributed by atoms with van der Waals surface area (Å²) in [7, 11) is -2.42. The van der Waals surface area contributed by atoms with Gasteiger partial charge in [0, 0.05) is 42.6 Å². The number of nitrogens with one attached hydrogen (secondary N) is 3. The van der Waals surface area contributed by atoms with Crippen LogP contribution >= 0.6 is 0 Å². The topological polar surface area (TPSA) is 128 Å². The molecule has 5 aromatic rings. The Labute approximate surface area is 287 Å². The molecule has 0 saturated heterocycles. The van der Waals surface area contributed by atoms with E-state index >= 15 is 0 Å². The van der Waals surface area contributed by atoms with E-state index in [2.05, 4.69) is 15.0 Å². The van der Waals surface area contributed by atoms with E-state index in [1.807, 2.05) is 98.8 Å². The summed E-state index contributed by atoms with van der Waals surface area (Å²) in [5, 5.41) is 2.80. The maximum atomic E-state index is 14.3. The van der Waals surface area contributed by atoms with Gasteiger partial charge in [0.2, 0.25) is 15.9 Å². The lowest BCUT2D eigenvalue weighted by Gasteiger charge is -2.30. The summed E-state index contributed by atoms with van der Waals surface area (Å²) in [5.41, 5.74) is 6.69. The van der Waals surface area contributed by atoms with Crippen molar-refractivity contribution in [3.8, 4) is 11.1 Å². The molecule has 0 spiro atoms. The van der Waals surface area contributed by atoms with Gasteiger partial charge in [-0.3, -0.25) is 19.1 Å². The summed E-state index contributed by atoms with van der Waals surface area (Å²) in [4.78, 5) is 46.4. The van der Waals surface area contributed by atoms with Gasteiger partial charge >= 0.3 is 0 Å². The van der Waals surface area contributed by atoms with E-state index in [1.54, 1.807) is 25.4 Å². The molecule has 2 atom stereocenters. The Morgan fingerprint density at radius 2 is 1.39 bits per heavy atom. The summed E-state index contributed by atoms with van der Waals surface area (Å²) in [5.74, 6) is -1.80. The van der Waals surface area contributed by atoms with E-state index in [0.29, 0.717) is 5.56 Å². The quantitative estimate of drug-likeness (QED) is 0.156. The zero-order valence-electron chi connectivity index (χ0n) is 28.4. The molecule has 9 nitrogen and oxygen atoms in total. The van der Waals surface area contributed by atoms with Gasteiger partial charge < -0.3 is 15.2 Å². The normalized spacial score (nSPS) is 12.8. The first kappa shape index (κ1) is 35.1. The molecule has 0 aliphatic rings. The minimum atomic E-state index is -3.99. The standard InChI is InChI=1S/C39H42N4O5S/c1-25(2)49(47,48)42-37(44)35(23-32-24-40-34-14-10-9-13-33(32)34)41-38(45)36(43(5)39(46)31-20-26(3)19-27(4)21-31)22-28-15-17-30(18-16-28)29-11-7-6-8-12-29/h6-21,24-25,35-36,40H,22-23H2,1-5H3,(H,41,45)(H,42,44)/t35-,36+/m0/s1. The number of benzene rings is 4. The van der Waals surface area contributed by atoms with Crippen molar-refractivity contribution in [3.63, 3.8) is 0 Å². The first-order valence-electron chi connectivity index (χ1n) is 16.2. The lowest BCUT2D eigenvalue weighted by molar-refractivity contribution is -0.130. The Kier molecular flexibility index (Phi) is 10.7. The minimum absolute atomic E-state index is 0.0163. The van der Waals surface area contributed by atoms with E-state index in [9.17, 15) is 22.8 Å². The van der Waals surface area contributed by atoms with Gasteiger partial charge in [-0.1, -0.05) is 90.0 Å². The fourth-order valence-corrected chi connectivity index (χ4v) is 6.52. The number of hydrogen-bond donors (Lipinski definition) is 3. The third-order valence-corrected chi connectivity index (χ3v) is 10.4. The number of carbonyl (C=O) groups is 3. The van der Waals surface area contributed by atoms with Gasteiger partial charge in [-0.05, 0) is 68.1 Å². The van der Waals surface area contributed by atoms with Crippen LogP contribution in [0.5, 0.6) is 0 Å².